The van der Waals surface area contributed by atoms with Crippen molar-refractivity contribution in [1.82, 2.24) is 9.97 Å². The highest BCUT2D eigenvalue weighted by Gasteiger charge is 2.28. The van der Waals surface area contributed by atoms with Gasteiger partial charge in [0.15, 0.2) is 9.84 Å². The van der Waals surface area contributed by atoms with Gasteiger partial charge in [-0.1, -0.05) is 36.4 Å². The number of aromatic nitrogens is 2. The van der Waals surface area contributed by atoms with E-state index in [1.54, 1.807) is 29.7 Å². The van der Waals surface area contributed by atoms with Crippen molar-refractivity contribution in [3.05, 3.63) is 112 Å². The normalized spacial score (nSPS) is 14.5. The maximum absolute atomic E-state index is 12.0. The van der Waals surface area contributed by atoms with Gasteiger partial charge in [0.25, 0.3) is 0 Å². The van der Waals surface area contributed by atoms with Crippen LogP contribution in [-0.2, 0) is 20.2 Å². The molecule has 2 aromatic heterocycles. The van der Waals surface area contributed by atoms with Crippen LogP contribution in [0.3, 0.4) is 0 Å². The number of fused-ring (bicyclic) bond motifs is 1. The SMILES string of the molecule is CC(C)(OCC1CC1)c1cc(-c2cccc(C=C(c3ccc(S(C)(=O)=O)cc3)c3nccs3)c2)c2ncccc2c1. The van der Waals surface area contributed by atoms with E-state index < -0.39 is 15.4 Å². The van der Waals surface area contributed by atoms with Gasteiger partial charge in [0, 0.05) is 40.6 Å². The van der Waals surface area contributed by atoms with E-state index in [0.717, 1.165) is 55.9 Å². The van der Waals surface area contributed by atoms with Gasteiger partial charge < -0.3 is 4.74 Å². The molecule has 0 bridgehead atoms. The fourth-order valence-electron chi connectivity index (χ4n) is 4.92. The molecule has 0 amide bonds. The third-order valence-corrected chi connectivity index (χ3v) is 9.48. The average Bonchev–Trinajstić information content (AvgIpc) is 3.65. The zero-order valence-electron chi connectivity index (χ0n) is 23.4. The summed E-state index contributed by atoms with van der Waals surface area (Å²) in [6.07, 6.45) is 9.47. The van der Waals surface area contributed by atoms with E-state index in [0.29, 0.717) is 10.8 Å². The van der Waals surface area contributed by atoms with Crippen LogP contribution in [0.5, 0.6) is 0 Å². The number of nitrogens with zero attached hydrogens (tertiary/aromatic N) is 2. The highest BCUT2D eigenvalue weighted by atomic mass is 32.2. The van der Waals surface area contributed by atoms with Crippen LogP contribution in [0, 0.1) is 5.92 Å². The van der Waals surface area contributed by atoms with Crippen LogP contribution in [0.25, 0.3) is 33.7 Å². The van der Waals surface area contributed by atoms with Crippen molar-refractivity contribution in [1.29, 1.82) is 0 Å². The summed E-state index contributed by atoms with van der Waals surface area (Å²) in [7, 11) is -3.28. The lowest BCUT2D eigenvalue weighted by molar-refractivity contribution is -0.0272. The van der Waals surface area contributed by atoms with Gasteiger partial charge in [-0.25, -0.2) is 13.4 Å². The van der Waals surface area contributed by atoms with Gasteiger partial charge >= 0.3 is 0 Å². The minimum absolute atomic E-state index is 0.296. The Balaban J connectivity index is 1.43. The number of sulfone groups is 1. The molecule has 0 N–H and O–H groups in total. The molecule has 1 aliphatic rings. The number of benzene rings is 3. The highest BCUT2D eigenvalue weighted by Crippen LogP contribution is 2.38. The van der Waals surface area contributed by atoms with E-state index in [1.807, 2.05) is 29.8 Å². The Morgan fingerprint density at radius 3 is 2.51 bits per heavy atom. The van der Waals surface area contributed by atoms with Crippen LogP contribution in [0.1, 0.15) is 48.4 Å². The van der Waals surface area contributed by atoms with Crippen molar-refractivity contribution in [3.8, 4) is 11.1 Å². The molecule has 0 radical (unpaired) electrons. The van der Waals surface area contributed by atoms with Gasteiger partial charge in [0.1, 0.15) is 5.01 Å². The summed E-state index contributed by atoms with van der Waals surface area (Å²) in [4.78, 5) is 9.62. The first-order valence-electron chi connectivity index (χ1n) is 13.7. The van der Waals surface area contributed by atoms with Gasteiger partial charge in [0.2, 0.25) is 0 Å². The van der Waals surface area contributed by atoms with Crippen molar-refractivity contribution < 1.29 is 13.2 Å². The van der Waals surface area contributed by atoms with Crippen LogP contribution in [0.15, 0.2) is 95.5 Å². The number of pyridine rings is 1. The first-order valence-corrected chi connectivity index (χ1v) is 16.5. The van der Waals surface area contributed by atoms with E-state index in [2.05, 4.69) is 67.4 Å². The molecule has 6 rings (SSSR count). The van der Waals surface area contributed by atoms with Crippen LogP contribution < -0.4 is 0 Å². The highest BCUT2D eigenvalue weighted by molar-refractivity contribution is 7.90. The van der Waals surface area contributed by atoms with E-state index >= 15 is 0 Å². The molecule has 0 unspecified atom stereocenters. The maximum Gasteiger partial charge on any atom is 0.175 e. The minimum atomic E-state index is -3.28. The Hall–Kier alpha value is -3.65. The first kappa shape index (κ1) is 27.5. The van der Waals surface area contributed by atoms with Crippen molar-refractivity contribution >= 4 is 43.7 Å². The maximum atomic E-state index is 12.0. The Morgan fingerprint density at radius 1 is 1.00 bits per heavy atom. The largest absolute Gasteiger partial charge is 0.371 e. The number of hydrogen-bond acceptors (Lipinski definition) is 6. The Labute approximate surface area is 245 Å². The fraction of sp³-hybridized carbons (Fsp3) is 0.235. The van der Waals surface area contributed by atoms with Crippen LogP contribution in [0.2, 0.25) is 0 Å². The van der Waals surface area contributed by atoms with Gasteiger partial charge in [-0.2, -0.15) is 0 Å². The lowest BCUT2D eigenvalue weighted by atomic mass is 9.90. The van der Waals surface area contributed by atoms with Crippen molar-refractivity contribution in [2.75, 3.05) is 12.9 Å². The lowest BCUT2D eigenvalue weighted by Gasteiger charge is -2.27. The molecule has 2 heterocycles. The number of ether oxygens (including phenoxy) is 1. The number of hydrogen-bond donors (Lipinski definition) is 0. The van der Waals surface area contributed by atoms with E-state index in [9.17, 15) is 8.42 Å². The molecule has 7 heteroatoms. The third kappa shape index (κ3) is 6.17. The summed E-state index contributed by atoms with van der Waals surface area (Å²) in [6.45, 7) is 5.08. The lowest BCUT2D eigenvalue weighted by Crippen LogP contribution is -2.23. The summed E-state index contributed by atoms with van der Waals surface area (Å²) in [5.41, 5.74) is 6.63. The van der Waals surface area contributed by atoms with Crippen LogP contribution >= 0.6 is 11.3 Å². The molecular weight excluding hydrogens is 549 g/mol. The third-order valence-electron chi connectivity index (χ3n) is 7.54. The average molecular weight is 581 g/mol. The van der Waals surface area contributed by atoms with E-state index in [4.69, 9.17) is 9.72 Å². The summed E-state index contributed by atoms with van der Waals surface area (Å²) in [6, 6.07) is 23.9. The Morgan fingerprint density at radius 2 is 1.80 bits per heavy atom. The quantitative estimate of drug-likeness (QED) is 0.165. The van der Waals surface area contributed by atoms with Crippen molar-refractivity contribution in [3.63, 3.8) is 0 Å². The molecule has 0 saturated heterocycles. The molecule has 208 valence electrons. The van der Waals surface area contributed by atoms with Crippen molar-refractivity contribution in [2.45, 2.75) is 37.2 Å². The van der Waals surface area contributed by atoms with E-state index in [-0.39, 0.29) is 0 Å². The van der Waals surface area contributed by atoms with Gasteiger partial charge in [-0.3, -0.25) is 4.98 Å². The molecule has 41 heavy (non-hydrogen) atoms. The zero-order chi connectivity index (χ0) is 28.6. The number of rotatable bonds is 9. The predicted molar refractivity (Wildman–Crippen MR) is 168 cm³/mol. The first-order chi connectivity index (χ1) is 19.7. The number of thiazole rings is 1. The van der Waals surface area contributed by atoms with Crippen LogP contribution in [-0.4, -0.2) is 31.2 Å². The fourth-order valence-corrected chi connectivity index (χ4v) is 6.23. The predicted octanol–water partition coefficient (Wildman–Crippen LogP) is 8.01. The Kier molecular flexibility index (Phi) is 7.36. The standard InChI is InChI=1S/C34H32N2O3S2/c1-34(2,39-22-23-9-10-23)28-20-27-8-5-15-35-32(27)30(21-28)26-7-4-6-24(18-26)19-31(33-36-16-17-40-33)25-11-13-29(14-12-25)41(3,37)38/h4-8,11-21,23H,9-10,22H2,1-3H3. The summed E-state index contributed by atoms with van der Waals surface area (Å²) in [5, 5.41) is 3.89. The van der Waals surface area contributed by atoms with Gasteiger partial charge in [-0.05, 0) is 97.3 Å². The second kappa shape index (κ2) is 11.0. The second-order valence-electron chi connectivity index (χ2n) is 11.2. The second-order valence-corrected chi connectivity index (χ2v) is 14.1. The van der Waals surface area contributed by atoms with Crippen molar-refractivity contribution in [2.24, 2.45) is 5.92 Å². The Bertz CT molecular complexity index is 1840. The molecule has 5 nitrogen and oxygen atoms in total. The minimum Gasteiger partial charge on any atom is -0.371 e. The molecule has 1 saturated carbocycles. The molecule has 0 aliphatic heterocycles. The summed E-state index contributed by atoms with van der Waals surface area (Å²) < 4.78 is 30.4. The summed E-state index contributed by atoms with van der Waals surface area (Å²) >= 11 is 1.55. The molecular formula is C34H32N2O3S2. The van der Waals surface area contributed by atoms with Gasteiger partial charge in [0.05, 0.1) is 22.6 Å². The smallest absolute Gasteiger partial charge is 0.175 e. The molecule has 0 spiro atoms. The van der Waals surface area contributed by atoms with Gasteiger partial charge in [-0.15, -0.1) is 11.3 Å². The summed E-state index contributed by atoms with van der Waals surface area (Å²) in [5.74, 6) is 0.689. The topological polar surface area (TPSA) is 69.2 Å². The monoisotopic (exact) mass is 580 g/mol. The molecule has 1 aliphatic carbocycles. The van der Waals surface area contributed by atoms with Crippen LogP contribution in [0.4, 0.5) is 0 Å². The molecule has 1 fully saturated rings. The van der Waals surface area contributed by atoms with E-state index in [1.165, 1.54) is 19.1 Å². The zero-order valence-corrected chi connectivity index (χ0v) is 25.0. The molecule has 3 aromatic carbocycles. The molecule has 5 aromatic rings. The molecule has 0 atom stereocenters.